The molecule has 1 aromatic rings. The summed E-state index contributed by atoms with van der Waals surface area (Å²) in [6.45, 7) is 2.01. The third-order valence-corrected chi connectivity index (χ3v) is 2.31. The van der Waals surface area contributed by atoms with E-state index in [2.05, 4.69) is 0 Å². The molecule has 4 nitrogen and oxygen atoms in total. The lowest BCUT2D eigenvalue weighted by Crippen LogP contribution is -2.05. The van der Waals surface area contributed by atoms with Crippen molar-refractivity contribution in [2.75, 3.05) is 0 Å². The van der Waals surface area contributed by atoms with Crippen LogP contribution in [0.15, 0.2) is 24.4 Å². The molecule has 1 heterocycles. The van der Waals surface area contributed by atoms with Gasteiger partial charge in [0.25, 0.3) is 0 Å². The Bertz CT molecular complexity index is 426. The van der Waals surface area contributed by atoms with Gasteiger partial charge in [-0.3, -0.25) is 10.1 Å². The fourth-order valence-electron chi connectivity index (χ4n) is 1.69. The molecule has 4 heteroatoms. The average Bonchev–Trinajstić information content (AvgIpc) is 2.53. The second kappa shape index (κ2) is 3.73. The van der Waals surface area contributed by atoms with Gasteiger partial charge in [0.1, 0.15) is 11.9 Å². The Hall–Kier alpha value is -1.84. The maximum atomic E-state index is 10.2. The smallest absolute Gasteiger partial charge is 0.235 e. The summed E-state index contributed by atoms with van der Waals surface area (Å²) in [4.78, 5) is 9.69. The molecule has 0 aliphatic carbocycles. The number of hydrogen-bond acceptors (Lipinski definition) is 3. The number of rotatable bonds is 2. The molecule has 1 aliphatic rings. The summed E-state index contributed by atoms with van der Waals surface area (Å²) in [5.41, 5.74) is 1.95. The van der Waals surface area contributed by atoms with Crippen molar-refractivity contribution in [3.8, 4) is 5.75 Å². The minimum Gasteiger partial charge on any atom is -0.490 e. The van der Waals surface area contributed by atoms with E-state index >= 15 is 0 Å². The second-order valence-electron chi connectivity index (χ2n) is 3.60. The van der Waals surface area contributed by atoms with Crippen LogP contribution in [0.1, 0.15) is 18.1 Å². The zero-order valence-electron chi connectivity index (χ0n) is 8.34. The molecule has 0 bridgehead atoms. The van der Waals surface area contributed by atoms with Crippen LogP contribution in [0, 0.1) is 10.1 Å². The first kappa shape index (κ1) is 9.71. The number of nitrogens with zero attached hydrogens (tertiary/aromatic N) is 1. The molecule has 1 atom stereocenters. The van der Waals surface area contributed by atoms with Gasteiger partial charge in [-0.2, -0.15) is 0 Å². The zero-order chi connectivity index (χ0) is 10.8. The first-order valence-corrected chi connectivity index (χ1v) is 4.76. The van der Waals surface area contributed by atoms with E-state index in [4.69, 9.17) is 4.74 Å². The number of ether oxygens (including phenoxy) is 1. The van der Waals surface area contributed by atoms with Gasteiger partial charge in [0.15, 0.2) is 0 Å². The maximum Gasteiger partial charge on any atom is 0.235 e. The van der Waals surface area contributed by atoms with E-state index < -0.39 is 4.92 Å². The summed E-state index contributed by atoms with van der Waals surface area (Å²) in [6, 6.07) is 5.61. The molecule has 0 amide bonds. The largest absolute Gasteiger partial charge is 0.490 e. The van der Waals surface area contributed by atoms with E-state index in [9.17, 15) is 10.1 Å². The van der Waals surface area contributed by atoms with Crippen LogP contribution < -0.4 is 4.74 Å². The van der Waals surface area contributed by atoms with Crippen molar-refractivity contribution in [2.45, 2.75) is 19.4 Å². The van der Waals surface area contributed by atoms with Gasteiger partial charge in [-0.1, -0.05) is 6.07 Å². The van der Waals surface area contributed by atoms with Crippen LogP contribution in [0.2, 0.25) is 0 Å². The van der Waals surface area contributed by atoms with Crippen LogP contribution in [-0.4, -0.2) is 11.0 Å². The SMILES string of the molecule is CC1Cc2cc(/C=C/[N+](=O)[O-])ccc2O1. The molecule has 0 fully saturated rings. The summed E-state index contributed by atoms with van der Waals surface area (Å²) in [5.74, 6) is 0.890. The van der Waals surface area contributed by atoms with Crippen molar-refractivity contribution in [1.29, 1.82) is 0 Å². The maximum absolute atomic E-state index is 10.2. The summed E-state index contributed by atoms with van der Waals surface area (Å²) in [6.07, 6.45) is 3.51. The molecule has 2 rings (SSSR count). The molecular weight excluding hydrogens is 194 g/mol. The van der Waals surface area contributed by atoms with Gasteiger partial charge >= 0.3 is 0 Å². The fourth-order valence-corrected chi connectivity index (χ4v) is 1.69. The standard InChI is InChI=1S/C11H11NO3/c1-8-6-10-7-9(4-5-12(13)14)2-3-11(10)15-8/h2-5,7-8H,6H2,1H3/b5-4+. The van der Waals surface area contributed by atoms with Crippen LogP contribution in [0.4, 0.5) is 0 Å². The minimum absolute atomic E-state index is 0.203. The molecule has 0 radical (unpaired) electrons. The van der Waals surface area contributed by atoms with Gasteiger partial charge in [-0.05, 0) is 30.2 Å². The molecule has 78 valence electrons. The number of nitro groups is 1. The number of hydrogen-bond donors (Lipinski definition) is 0. The molecule has 0 N–H and O–H groups in total. The Labute approximate surface area is 87.3 Å². The third-order valence-electron chi connectivity index (χ3n) is 2.31. The van der Waals surface area contributed by atoms with Gasteiger partial charge in [0.05, 0.1) is 4.92 Å². The second-order valence-corrected chi connectivity index (χ2v) is 3.60. The van der Waals surface area contributed by atoms with Crippen molar-refractivity contribution < 1.29 is 9.66 Å². The van der Waals surface area contributed by atoms with E-state index in [1.165, 1.54) is 6.08 Å². The van der Waals surface area contributed by atoms with Gasteiger partial charge in [-0.25, -0.2) is 0 Å². The highest BCUT2D eigenvalue weighted by atomic mass is 16.6. The van der Waals surface area contributed by atoms with Crippen molar-refractivity contribution in [3.05, 3.63) is 45.6 Å². The third kappa shape index (κ3) is 2.15. The minimum atomic E-state index is -0.466. The van der Waals surface area contributed by atoms with Crippen LogP contribution in [0.3, 0.4) is 0 Å². The predicted octanol–water partition coefficient (Wildman–Crippen LogP) is 2.26. The van der Waals surface area contributed by atoms with Gasteiger partial charge in [0, 0.05) is 12.5 Å². The molecule has 1 aliphatic heterocycles. The monoisotopic (exact) mass is 205 g/mol. The molecule has 1 unspecified atom stereocenters. The van der Waals surface area contributed by atoms with Crippen molar-refractivity contribution in [2.24, 2.45) is 0 Å². The van der Waals surface area contributed by atoms with Gasteiger partial charge in [0.2, 0.25) is 6.20 Å². The summed E-state index contributed by atoms with van der Waals surface area (Å²) < 4.78 is 5.53. The van der Waals surface area contributed by atoms with Crippen LogP contribution in [0.5, 0.6) is 5.75 Å². The highest BCUT2D eigenvalue weighted by Gasteiger charge is 2.18. The summed E-state index contributed by atoms with van der Waals surface area (Å²) in [5, 5.41) is 10.2. The Kier molecular flexibility index (Phi) is 2.41. The molecule has 0 saturated carbocycles. The van der Waals surface area contributed by atoms with E-state index in [1.807, 2.05) is 25.1 Å². The number of benzene rings is 1. The van der Waals surface area contributed by atoms with Crippen LogP contribution in [-0.2, 0) is 6.42 Å². The Balaban J connectivity index is 2.23. The Morgan fingerprint density at radius 3 is 3.13 bits per heavy atom. The van der Waals surface area contributed by atoms with E-state index in [-0.39, 0.29) is 6.10 Å². The first-order chi connectivity index (χ1) is 7.15. The van der Waals surface area contributed by atoms with Crippen molar-refractivity contribution in [1.82, 2.24) is 0 Å². The zero-order valence-corrected chi connectivity index (χ0v) is 8.34. The lowest BCUT2D eigenvalue weighted by Gasteiger charge is -2.01. The van der Waals surface area contributed by atoms with Crippen LogP contribution >= 0.6 is 0 Å². The molecule has 1 aromatic carbocycles. The van der Waals surface area contributed by atoms with Crippen LogP contribution in [0.25, 0.3) is 6.08 Å². The van der Waals surface area contributed by atoms with Crippen molar-refractivity contribution >= 4 is 6.08 Å². The fraction of sp³-hybridized carbons (Fsp3) is 0.273. The average molecular weight is 205 g/mol. The topological polar surface area (TPSA) is 52.4 Å². The molecule has 0 spiro atoms. The van der Waals surface area contributed by atoms with Gasteiger partial charge in [-0.15, -0.1) is 0 Å². The Morgan fingerprint density at radius 2 is 2.40 bits per heavy atom. The predicted molar refractivity (Wildman–Crippen MR) is 56.3 cm³/mol. The molecular formula is C11H11NO3. The lowest BCUT2D eigenvalue weighted by molar-refractivity contribution is -0.400. The Morgan fingerprint density at radius 1 is 1.60 bits per heavy atom. The molecule has 15 heavy (non-hydrogen) atoms. The highest BCUT2D eigenvalue weighted by Crippen LogP contribution is 2.29. The molecule has 0 aromatic heterocycles. The lowest BCUT2D eigenvalue weighted by atomic mass is 10.1. The highest BCUT2D eigenvalue weighted by molar-refractivity contribution is 5.53. The summed E-state index contributed by atoms with van der Waals surface area (Å²) >= 11 is 0. The molecule has 0 saturated heterocycles. The quantitative estimate of drug-likeness (QED) is 0.549. The van der Waals surface area contributed by atoms with E-state index in [1.54, 1.807) is 0 Å². The number of fused-ring (bicyclic) bond motifs is 1. The van der Waals surface area contributed by atoms with E-state index in [0.29, 0.717) is 0 Å². The van der Waals surface area contributed by atoms with Gasteiger partial charge < -0.3 is 4.74 Å². The normalized spacial score (nSPS) is 18.9. The van der Waals surface area contributed by atoms with Crippen molar-refractivity contribution in [3.63, 3.8) is 0 Å². The van der Waals surface area contributed by atoms with E-state index in [0.717, 1.165) is 29.5 Å². The first-order valence-electron chi connectivity index (χ1n) is 4.76. The summed E-state index contributed by atoms with van der Waals surface area (Å²) in [7, 11) is 0.